The molecule has 0 rings (SSSR count). The molecular weight excluding hydrogens is 122 g/mol. The van der Waals surface area contributed by atoms with Crippen LogP contribution in [0, 0.1) is 0 Å². The zero-order valence-electron chi connectivity index (χ0n) is 7.81. The highest BCUT2D eigenvalue weighted by molar-refractivity contribution is 4.95. The molecule has 0 aliphatic heterocycles. The summed E-state index contributed by atoms with van der Waals surface area (Å²) in [5.41, 5.74) is 1.36. The Hall–Kier alpha value is -0.460. The first kappa shape index (κ1) is 9.54. The van der Waals surface area contributed by atoms with Crippen molar-refractivity contribution in [2.24, 2.45) is 0 Å². The van der Waals surface area contributed by atoms with Crippen molar-refractivity contribution in [2.75, 3.05) is 7.05 Å². The van der Waals surface area contributed by atoms with Gasteiger partial charge in [0.2, 0.25) is 0 Å². The molecule has 1 unspecified atom stereocenters. The lowest BCUT2D eigenvalue weighted by atomic mass is 10.2. The van der Waals surface area contributed by atoms with E-state index in [1.807, 2.05) is 0 Å². The predicted molar refractivity (Wildman–Crippen MR) is 46.9 cm³/mol. The van der Waals surface area contributed by atoms with Crippen LogP contribution in [0.15, 0.2) is 11.8 Å². The Morgan fingerprint density at radius 3 is 2.40 bits per heavy atom. The van der Waals surface area contributed by atoms with Crippen molar-refractivity contribution >= 4 is 0 Å². The lowest BCUT2D eigenvalue weighted by molar-refractivity contribution is 0.316. The van der Waals surface area contributed by atoms with Gasteiger partial charge in [-0.2, -0.15) is 0 Å². The lowest BCUT2D eigenvalue weighted by Crippen LogP contribution is -2.26. The van der Waals surface area contributed by atoms with Crippen LogP contribution >= 0.6 is 0 Å². The Morgan fingerprint density at radius 2 is 2.10 bits per heavy atom. The lowest BCUT2D eigenvalue weighted by Gasteiger charge is -2.26. The van der Waals surface area contributed by atoms with Gasteiger partial charge in [-0.1, -0.05) is 13.0 Å². The van der Waals surface area contributed by atoms with Crippen molar-refractivity contribution in [3.05, 3.63) is 11.8 Å². The molecule has 60 valence electrons. The highest BCUT2D eigenvalue weighted by Gasteiger charge is 2.04. The van der Waals surface area contributed by atoms with E-state index in [1.54, 1.807) is 0 Å². The van der Waals surface area contributed by atoms with Crippen molar-refractivity contribution in [3.8, 4) is 0 Å². The van der Waals surface area contributed by atoms with Gasteiger partial charge in [0, 0.05) is 18.8 Å². The Morgan fingerprint density at radius 1 is 1.60 bits per heavy atom. The van der Waals surface area contributed by atoms with Crippen molar-refractivity contribution < 1.29 is 0 Å². The smallest absolute Gasteiger partial charge is 0.0252 e. The van der Waals surface area contributed by atoms with Gasteiger partial charge >= 0.3 is 0 Å². The molecule has 1 heteroatoms. The summed E-state index contributed by atoms with van der Waals surface area (Å²) in [6.45, 7) is 8.68. The van der Waals surface area contributed by atoms with Gasteiger partial charge in [0.25, 0.3) is 0 Å². The minimum Gasteiger partial charge on any atom is -0.376 e. The van der Waals surface area contributed by atoms with Gasteiger partial charge in [0.15, 0.2) is 0 Å². The third kappa shape index (κ3) is 2.42. The van der Waals surface area contributed by atoms with Crippen LogP contribution in [0.5, 0.6) is 0 Å². The molecule has 0 aromatic heterocycles. The third-order valence-electron chi connectivity index (χ3n) is 2.23. The van der Waals surface area contributed by atoms with Crippen LogP contribution in [-0.4, -0.2) is 18.0 Å². The molecule has 0 bridgehead atoms. The standard InChI is InChI=1S/C9H19N/c1-6-8(3)10(5)9(4)7-2/h6,9H,7H2,1-5H3/b8-6+. The molecule has 0 radical (unpaired) electrons. The zero-order chi connectivity index (χ0) is 8.15. The van der Waals surface area contributed by atoms with Crippen LogP contribution < -0.4 is 0 Å². The van der Waals surface area contributed by atoms with E-state index < -0.39 is 0 Å². The van der Waals surface area contributed by atoms with E-state index in [0.29, 0.717) is 6.04 Å². The third-order valence-corrected chi connectivity index (χ3v) is 2.23. The molecule has 0 heterocycles. The van der Waals surface area contributed by atoms with Gasteiger partial charge in [-0.3, -0.25) is 0 Å². The van der Waals surface area contributed by atoms with Crippen molar-refractivity contribution in [1.29, 1.82) is 0 Å². The summed E-state index contributed by atoms with van der Waals surface area (Å²) < 4.78 is 0. The summed E-state index contributed by atoms with van der Waals surface area (Å²) >= 11 is 0. The van der Waals surface area contributed by atoms with Gasteiger partial charge < -0.3 is 4.90 Å². The topological polar surface area (TPSA) is 3.24 Å². The van der Waals surface area contributed by atoms with Gasteiger partial charge in [0.05, 0.1) is 0 Å². The van der Waals surface area contributed by atoms with E-state index in [1.165, 1.54) is 12.1 Å². The Balaban J connectivity index is 3.94. The molecule has 0 N–H and O–H groups in total. The fourth-order valence-electron chi connectivity index (χ4n) is 0.825. The molecule has 1 atom stereocenters. The summed E-state index contributed by atoms with van der Waals surface area (Å²) in [6.07, 6.45) is 3.36. The fourth-order valence-corrected chi connectivity index (χ4v) is 0.825. The quantitative estimate of drug-likeness (QED) is 0.584. The minimum atomic E-state index is 0.663. The van der Waals surface area contributed by atoms with Crippen LogP contribution in [0.3, 0.4) is 0 Å². The number of hydrogen-bond acceptors (Lipinski definition) is 1. The number of nitrogens with zero attached hydrogens (tertiary/aromatic N) is 1. The molecule has 0 spiro atoms. The molecule has 0 saturated carbocycles. The predicted octanol–water partition coefficient (Wildman–Crippen LogP) is 2.64. The van der Waals surface area contributed by atoms with Gasteiger partial charge in [0.1, 0.15) is 0 Å². The van der Waals surface area contributed by atoms with Crippen LogP contribution in [0.2, 0.25) is 0 Å². The molecule has 0 aliphatic carbocycles. The second-order valence-electron chi connectivity index (χ2n) is 2.80. The van der Waals surface area contributed by atoms with Crippen LogP contribution in [0.1, 0.15) is 34.1 Å². The molecule has 0 aromatic rings. The van der Waals surface area contributed by atoms with Crippen LogP contribution in [0.25, 0.3) is 0 Å². The van der Waals surface area contributed by atoms with E-state index in [4.69, 9.17) is 0 Å². The van der Waals surface area contributed by atoms with Crippen molar-refractivity contribution in [2.45, 2.75) is 40.2 Å². The van der Waals surface area contributed by atoms with Crippen LogP contribution in [0.4, 0.5) is 0 Å². The summed E-state index contributed by atoms with van der Waals surface area (Å²) in [6, 6.07) is 0.663. The summed E-state index contributed by atoms with van der Waals surface area (Å²) in [5.74, 6) is 0. The van der Waals surface area contributed by atoms with E-state index in [0.717, 1.165) is 0 Å². The minimum absolute atomic E-state index is 0.663. The van der Waals surface area contributed by atoms with E-state index in [2.05, 4.69) is 45.7 Å². The van der Waals surface area contributed by atoms with Crippen molar-refractivity contribution in [3.63, 3.8) is 0 Å². The van der Waals surface area contributed by atoms with Gasteiger partial charge in [-0.05, 0) is 27.2 Å². The van der Waals surface area contributed by atoms with Crippen molar-refractivity contribution in [1.82, 2.24) is 4.90 Å². The average Bonchev–Trinajstić information content (AvgIpc) is 2.00. The number of rotatable bonds is 3. The molecule has 1 nitrogen and oxygen atoms in total. The highest BCUT2D eigenvalue weighted by Crippen LogP contribution is 2.07. The number of hydrogen-bond donors (Lipinski definition) is 0. The second kappa shape index (κ2) is 4.37. The maximum Gasteiger partial charge on any atom is 0.0252 e. The molecular formula is C9H19N. The highest BCUT2D eigenvalue weighted by atomic mass is 15.1. The van der Waals surface area contributed by atoms with Gasteiger partial charge in [-0.25, -0.2) is 0 Å². The fraction of sp³-hybridized carbons (Fsp3) is 0.778. The maximum atomic E-state index is 2.31. The average molecular weight is 141 g/mol. The first-order valence-electron chi connectivity index (χ1n) is 3.99. The summed E-state index contributed by atoms with van der Waals surface area (Å²) in [7, 11) is 2.14. The Kier molecular flexibility index (Phi) is 4.17. The van der Waals surface area contributed by atoms with E-state index >= 15 is 0 Å². The Bertz CT molecular complexity index is 116. The molecule has 0 aromatic carbocycles. The SMILES string of the molecule is C/C=C(\C)N(C)C(C)CC. The molecule has 10 heavy (non-hydrogen) atoms. The first-order chi connectivity index (χ1) is 4.63. The normalized spacial score (nSPS) is 15.1. The van der Waals surface area contributed by atoms with Gasteiger partial charge in [-0.15, -0.1) is 0 Å². The molecule has 0 aliphatic rings. The van der Waals surface area contributed by atoms with Crippen LogP contribution in [-0.2, 0) is 0 Å². The summed E-state index contributed by atoms with van der Waals surface area (Å²) in [4.78, 5) is 2.31. The van der Waals surface area contributed by atoms with E-state index in [9.17, 15) is 0 Å². The molecule has 0 amide bonds. The molecule has 0 fully saturated rings. The number of allylic oxidation sites excluding steroid dienone is 2. The summed E-state index contributed by atoms with van der Waals surface area (Å²) in [5, 5.41) is 0. The molecule has 0 saturated heterocycles. The maximum absolute atomic E-state index is 2.31. The zero-order valence-corrected chi connectivity index (χ0v) is 7.81. The van der Waals surface area contributed by atoms with E-state index in [-0.39, 0.29) is 0 Å². The monoisotopic (exact) mass is 141 g/mol. The second-order valence-corrected chi connectivity index (χ2v) is 2.80. The largest absolute Gasteiger partial charge is 0.376 e. The first-order valence-corrected chi connectivity index (χ1v) is 3.99. The Labute approximate surface area is 64.7 Å².